The molecule has 0 spiro atoms. The van der Waals surface area contributed by atoms with Crippen molar-refractivity contribution in [1.82, 2.24) is 15.2 Å². The van der Waals surface area contributed by atoms with Crippen molar-refractivity contribution in [1.29, 1.82) is 0 Å². The molecule has 0 unspecified atom stereocenters. The molecular formula is C14H16N4O3. The second-order valence-corrected chi connectivity index (χ2v) is 5.18. The molecule has 7 nitrogen and oxygen atoms in total. The lowest BCUT2D eigenvalue weighted by Gasteiger charge is -2.16. The van der Waals surface area contributed by atoms with Crippen LogP contribution >= 0.6 is 0 Å². The van der Waals surface area contributed by atoms with Gasteiger partial charge in [-0.15, -0.1) is 5.10 Å². The number of amides is 1. The molecule has 0 saturated heterocycles. The molecule has 2 heterocycles. The fraction of sp³-hybridized carbons (Fsp3) is 0.357. The molecule has 21 heavy (non-hydrogen) atoms. The van der Waals surface area contributed by atoms with Gasteiger partial charge in [0.15, 0.2) is 11.5 Å². The predicted octanol–water partition coefficient (Wildman–Crippen LogP) is 2.13. The van der Waals surface area contributed by atoms with E-state index in [0.717, 1.165) is 0 Å². The van der Waals surface area contributed by atoms with Gasteiger partial charge in [0.1, 0.15) is 5.82 Å². The lowest BCUT2D eigenvalue weighted by atomic mass is 10.3. The zero-order valence-electron chi connectivity index (χ0n) is 12.1. The van der Waals surface area contributed by atoms with E-state index in [1.54, 1.807) is 18.2 Å². The van der Waals surface area contributed by atoms with Crippen LogP contribution in [0.4, 0.5) is 5.69 Å². The zero-order valence-corrected chi connectivity index (χ0v) is 12.1. The van der Waals surface area contributed by atoms with Gasteiger partial charge in [0.2, 0.25) is 11.6 Å². The number of aromatic amines is 1. The predicted molar refractivity (Wildman–Crippen MR) is 75.5 cm³/mol. The molecule has 7 heteroatoms. The van der Waals surface area contributed by atoms with E-state index in [9.17, 15) is 4.79 Å². The summed E-state index contributed by atoms with van der Waals surface area (Å²) in [5.74, 6) is 0.984. The molecule has 0 bridgehead atoms. The van der Waals surface area contributed by atoms with Crippen LogP contribution in [0.5, 0.6) is 11.5 Å². The maximum absolute atomic E-state index is 12.0. The van der Waals surface area contributed by atoms with Crippen LogP contribution in [-0.4, -0.2) is 26.9 Å². The van der Waals surface area contributed by atoms with E-state index < -0.39 is 5.79 Å². The van der Waals surface area contributed by atoms with Gasteiger partial charge in [-0.25, -0.2) is 4.98 Å². The van der Waals surface area contributed by atoms with Crippen LogP contribution in [0.15, 0.2) is 18.2 Å². The third kappa shape index (κ3) is 2.67. The maximum atomic E-state index is 12.0. The van der Waals surface area contributed by atoms with Gasteiger partial charge >= 0.3 is 0 Å². The van der Waals surface area contributed by atoms with Crippen molar-refractivity contribution in [3.63, 3.8) is 0 Å². The number of H-pyrrole nitrogens is 1. The summed E-state index contributed by atoms with van der Waals surface area (Å²) in [4.78, 5) is 16.1. The highest BCUT2D eigenvalue weighted by atomic mass is 16.7. The summed E-state index contributed by atoms with van der Waals surface area (Å²) in [7, 11) is 0. The highest BCUT2D eigenvalue weighted by Crippen LogP contribution is 2.40. The molecule has 0 atom stereocenters. The number of carbonyl (C=O) groups excluding carboxylic acids is 1. The minimum Gasteiger partial charge on any atom is -0.449 e. The number of hydrogen-bond acceptors (Lipinski definition) is 5. The van der Waals surface area contributed by atoms with Crippen molar-refractivity contribution in [2.24, 2.45) is 0 Å². The normalized spacial score (nSPS) is 15.0. The average molecular weight is 288 g/mol. The molecular weight excluding hydrogens is 272 g/mol. The lowest BCUT2D eigenvalue weighted by Crippen LogP contribution is -2.29. The number of fused-ring (bicyclic) bond motifs is 1. The van der Waals surface area contributed by atoms with E-state index in [2.05, 4.69) is 20.5 Å². The summed E-state index contributed by atoms with van der Waals surface area (Å²) < 4.78 is 11.2. The standard InChI is InChI=1S/C14H16N4O3/c1-4-11-16-12(18-17-11)13(19)15-8-5-6-9-10(7-8)21-14(2,3)20-9/h5-7H,4H2,1-3H3,(H,15,19)(H,16,17,18). The fourth-order valence-electron chi connectivity index (χ4n) is 2.04. The Morgan fingerprint density at radius 1 is 1.33 bits per heavy atom. The quantitative estimate of drug-likeness (QED) is 0.903. The van der Waals surface area contributed by atoms with Gasteiger partial charge in [0, 0.05) is 32.0 Å². The highest BCUT2D eigenvalue weighted by Gasteiger charge is 2.31. The molecule has 0 aliphatic carbocycles. The number of nitrogens with zero attached hydrogens (tertiary/aromatic N) is 2. The van der Waals surface area contributed by atoms with E-state index >= 15 is 0 Å². The fourth-order valence-corrected chi connectivity index (χ4v) is 2.04. The van der Waals surface area contributed by atoms with Crippen molar-refractivity contribution >= 4 is 11.6 Å². The molecule has 0 fully saturated rings. The van der Waals surface area contributed by atoms with Gasteiger partial charge in [0.25, 0.3) is 5.91 Å². The molecule has 0 radical (unpaired) electrons. The summed E-state index contributed by atoms with van der Waals surface area (Å²) in [6, 6.07) is 5.22. The molecule has 3 rings (SSSR count). The molecule has 1 amide bonds. The first-order valence-corrected chi connectivity index (χ1v) is 6.71. The summed E-state index contributed by atoms with van der Waals surface area (Å²) in [6.45, 7) is 5.58. The van der Waals surface area contributed by atoms with Crippen LogP contribution in [0.2, 0.25) is 0 Å². The van der Waals surface area contributed by atoms with Gasteiger partial charge in [0.05, 0.1) is 0 Å². The molecule has 1 aliphatic rings. The molecule has 0 saturated carbocycles. The van der Waals surface area contributed by atoms with Crippen LogP contribution in [0.3, 0.4) is 0 Å². The van der Waals surface area contributed by atoms with Crippen molar-refractivity contribution < 1.29 is 14.3 Å². The Balaban J connectivity index is 1.76. The van der Waals surface area contributed by atoms with Crippen LogP contribution < -0.4 is 14.8 Å². The summed E-state index contributed by atoms with van der Waals surface area (Å²) in [5.41, 5.74) is 0.600. The van der Waals surface area contributed by atoms with Crippen molar-refractivity contribution in [2.45, 2.75) is 33.0 Å². The molecule has 1 aromatic carbocycles. The Bertz CT molecular complexity index is 693. The Hall–Kier alpha value is -2.57. The third-order valence-electron chi connectivity index (χ3n) is 2.98. The van der Waals surface area contributed by atoms with Crippen molar-refractivity contribution in [3.05, 3.63) is 29.8 Å². The van der Waals surface area contributed by atoms with E-state index in [0.29, 0.717) is 29.4 Å². The van der Waals surface area contributed by atoms with E-state index in [-0.39, 0.29) is 11.7 Å². The Morgan fingerprint density at radius 3 is 2.81 bits per heavy atom. The summed E-state index contributed by atoms with van der Waals surface area (Å²) in [5, 5.41) is 9.32. The Kier molecular flexibility index (Phi) is 3.04. The van der Waals surface area contributed by atoms with Gasteiger partial charge in [-0.1, -0.05) is 6.92 Å². The number of aryl methyl sites for hydroxylation is 1. The Morgan fingerprint density at radius 2 is 2.10 bits per heavy atom. The number of hydrogen-bond donors (Lipinski definition) is 2. The number of carbonyl (C=O) groups is 1. The molecule has 1 aromatic heterocycles. The summed E-state index contributed by atoms with van der Waals surface area (Å²) in [6.07, 6.45) is 0.694. The molecule has 2 aromatic rings. The topological polar surface area (TPSA) is 89.1 Å². The van der Waals surface area contributed by atoms with Gasteiger partial charge < -0.3 is 14.8 Å². The first kappa shape index (κ1) is 13.4. The number of rotatable bonds is 3. The van der Waals surface area contributed by atoms with Crippen LogP contribution in [0.1, 0.15) is 37.2 Å². The highest BCUT2D eigenvalue weighted by molar-refractivity contribution is 6.01. The van der Waals surface area contributed by atoms with Crippen molar-refractivity contribution in [3.8, 4) is 11.5 Å². The number of ether oxygens (including phenoxy) is 2. The zero-order chi connectivity index (χ0) is 15.0. The van der Waals surface area contributed by atoms with Gasteiger partial charge in [-0.2, -0.15) is 0 Å². The second kappa shape index (κ2) is 4.76. The summed E-state index contributed by atoms with van der Waals surface area (Å²) >= 11 is 0. The maximum Gasteiger partial charge on any atom is 0.295 e. The first-order valence-electron chi connectivity index (χ1n) is 6.71. The largest absolute Gasteiger partial charge is 0.449 e. The van der Waals surface area contributed by atoms with Crippen LogP contribution in [0, 0.1) is 0 Å². The van der Waals surface area contributed by atoms with Crippen LogP contribution in [0.25, 0.3) is 0 Å². The second-order valence-electron chi connectivity index (χ2n) is 5.18. The third-order valence-corrected chi connectivity index (χ3v) is 2.98. The molecule has 2 N–H and O–H groups in total. The Labute approximate surface area is 121 Å². The number of aromatic nitrogens is 3. The monoisotopic (exact) mass is 288 g/mol. The number of nitrogens with one attached hydrogen (secondary N) is 2. The smallest absolute Gasteiger partial charge is 0.295 e. The minimum absolute atomic E-state index is 0.116. The average Bonchev–Trinajstić information content (AvgIpc) is 3.00. The lowest BCUT2D eigenvalue weighted by molar-refractivity contribution is -0.0431. The molecule has 1 aliphatic heterocycles. The number of anilines is 1. The minimum atomic E-state index is -0.690. The van der Waals surface area contributed by atoms with Gasteiger partial charge in [-0.3, -0.25) is 9.89 Å². The van der Waals surface area contributed by atoms with E-state index in [1.165, 1.54) is 0 Å². The molecule has 110 valence electrons. The van der Waals surface area contributed by atoms with Crippen molar-refractivity contribution in [2.75, 3.05) is 5.32 Å². The van der Waals surface area contributed by atoms with Crippen LogP contribution in [-0.2, 0) is 6.42 Å². The number of benzene rings is 1. The SMILES string of the molecule is CCc1nc(C(=O)Nc2ccc3c(c2)OC(C)(C)O3)n[nH]1. The van der Waals surface area contributed by atoms with Gasteiger partial charge in [-0.05, 0) is 12.1 Å². The van der Waals surface area contributed by atoms with E-state index in [4.69, 9.17) is 9.47 Å². The van der Waals surface area contributed by atoms with E-state index in [1.807, 2.05) is 20.8 Å². The first-order chi connectivity index (χ1) is 9.97.